The van der Waals surface area contributed by atoms with Gasteiger partial charge in [-0.1, -0.05) is 13.0 Å². The molecule has 1 aromatic rings. The molecule has 0 radical (unpaired) electrons. The van der Waals surface area contributed by atoms with Crippen LogP contribution in [0.5, 0.6) is 0 Å². The maximum Gasteiger partial charge on any atom is 0.250 e. The van der Waals surface area contributed by atoms with Gasteiger partial charge < -0.3 is 14.4 Å². The number of hydrogen-bond donors (Lipinski definition) is 0. The molecule has 0 unspecified atom stereocenters. The van der Waals surface area contributed by atoms with Crippen LogP contribution in [0.25, 0.3) is 0 Å². The van der Waals surface area contributed by atoms with Crippen molar-refractivity contribution in [3.8, 4) is 0 Å². The summed E-state index contributed by atoms with van der Waals surface area (Å²) < 4.78 is 1.64. The zero-order valence-corrected chi connectivity index (χ0v) is 15.9. The second kappa shape index (κ2) is 7.64. The van der Waals surface area contributed by atoms with Gasteiger partial charge >= 0.3 is 0 Å². The van der Waals surface area contributed by atoms with E-state index in [1.165, 1.54) is 6.07 Å². The van der Waals surface area contributed by atoms with Crippen LogP contribution in [-0.2, 0) is 16.1 Å². The molecule has 2 amide bonds. The predicted octanol–water partition coefficient (Wildman–Crippen LogP) is 1.80. The number of carbonyl (C=O) groups excluding carboxylic acids is 2. The van der Waals surface area contributed by atoms with Gasteiger partial charge in [-0.3, -0.25) is 14.4 Å². The second-order valence-electron chi connectivity index (χ2n) is 7.65. The molecule has 2 aliphatic heterocycles. The normalized spacial score (nSPS) is 23.1. The smallest absolute Gasteiger partial charge is 0.250 e. The van der Waals surface area contributed by atoms with Crippen LogP contribution in [0.2, 0.25) is 0 Å². The minimum absolute atomic E-state index is 0.0393. The lowest BCUT2D eigenvalue weighted by atomic mass is 9.78. The second-order valence-corrected chi connectivity index (χ2v) is 7.65. The van der Waals surface area contributed by atoms with Crippen LogP contribution in [-0.4, -0.2) is 52.4 Å². The molecule has 1 spiro atoms. The Hall–Kier alpha value is -2.11. The van der Waals surface area contributed by atoms with E-state index in [9.17, 15) is 14.4 Å². The van der Waals surface area contributed by atoms with Gasteiger partial charge in [0.15, 0.2) is 0 Å². The van der Waals surface area contributed by atoms with Crippen molar-refractivity contribution in [2.45, 2.75) is 52.5 Å². The van der Waals surface area contributed by atoms with Crippen molar-refractivity contribution in [3.05, 3.63) is 34.2 Å². The predicted molar refractivity (Wildman–Crippen MR) is 99.8 cm³/mol. The maximum absolute atomic E-state index is 12.9. The number of hydrogen-bond acceptors (Lipinski definition) is 3. The van der Waals surface area contributed by atoms with Gasteiger partial charge in [-0.25, -0.2) is 0 Å². The van der Waals surface area contributed by atoms with E-state index in [-0.39, 0.29) is 22.8 Å². The molecule has 3 heterocycles. The Morgan fingerprint density at radius 3 is 2.69 bits per heavy atom. The number of amides is 2. The lowest BCUT2D eigenvalue weighted by Gasteiger charge is -2.39. The molecule has 0 saturated carbocycles. The molecule has 2 aliphatic rings. The third-order valence-corrected chi connectivity index (χ3v) is 5.84. The summed E-state index contributed by atoms with van der Waals surface area (Å²) in [6.07, 6.45) is 3.94. The van der Waals surface area contributed by atoms with Crippen LogP contribution in [0, 0.1) is 12.3 Å². The summed E-state index contributed by atoms with van der Waals surface area (Å²) in [5.41, 5.74) is 0.414. The molecule has 2 saturated heterocycles. The molecule has 2 fully saturated rings. The van der Waals surface area contributed by atoms with Gasteiger partial charge in [0.25, 0.3) is 5.56 Å². The summed E-state index contributed by atoms with van der Waals surface area (Å²) in [5, 5.41) is 0. The Morgan fingerprint density at radius 1 is 1.15 bits per heavy atom. The first-order chi connectivity index (χ1) is 12.5. The minimum Gasteiger partial charge on any atom is -0.342 e. The van der Waals surface area contributed by atoms with E-state index in [1.807, 2.05) is 22.8 Å². The Morgan fingerprint density at radius 2 is 1.96 bits per heavy atom. The summed E-state index contributed by atoms with van der Waals surface area (Å²) in [5.74, 6) is 0.272. The number of nitrogens with zero attached hydrogens (tertiary/aromatic N) is 3. The van der Waals surface area contributed by atoms with Crippen molar-refractivity contribution in [1.29, 1.82) is 0 Å². The highest BCUT2D eigenvalue weighted by atomic mass is 16.2. The summed E-state index contributed by atoms with van der Waals surface area (Å²) in [4.78, 5) is 41.3. The average molecular weight is 359 g/mol. The van der Waals surface area contributed by atoms with E-state index < -0.39 is 0 Å². The average Bonchev–Trinajstić information content (AvgIpc) is 3.04. The molecule has 26 heavy (non-hydrogen) atoms. The number of pyridine rings is 1. The quantitative estimate of drug-likeness (QED) is 0.805. The topological polar surface area (TPSA) is 62.6 Å². The molecule has 1 atom stereocenters. The van der Waals surface area contributed by atoms with E-state index >= 15 is 0 Å². The lowest BCUT2D eigenvalue weighted by molar-refractivity contribution is -0.146. The molecule has 6 heteroatoms. The van der Waals surface area contributed by atoms with Crippen LogP contribution in [0.15, 0.2) is 23.0 Å². The van der Waals surface area contributed by atoms with E-state index in [0.717, 1.165) is 44.5 Å². The standard InChI is InChI=1S/C20H29N3O3/c1-3-11-21-12-5-9-20(19(21)26)10-14-22(15-20)17(24)8-13-23-16(2)6-4-7-18(23)25/h4,6-7H,3,5,8-15H2,1-2H3/t20-/m1/s1. The Kier molecular flexibility index (Phi) is 5.49. The van der Waals surface area contributed by atoms with Crippen molar-refractivity contribution in [2.75, 3.05) is 26.2 Å². The molecule has 1 aromatic heterocycles. The van der Waals surface area contributed by atoms with E-state index in [4.69, 9.17) is 0 Å². The van der Waals surface area contributed by atoms with Gasteiger partial charge in [0.1, 0.15) is 0 Å². The summed E-state index contributed by atoms with van der Waals surface area (Å²) in [6, 6.07) is 5.13. The first-order valence-corrected chi connectivity index (χ1v) is 9.70. The first kappa shape index (κ1) is 18.7. The van der Waals surface area contributed by atoms with Crippen LogP contribution in [0.4, 0.5) is 0 Å². The maximum atomic E-state index is 12.9. The molecule has 0 bridgehead atoms. The molecule has 0 aromatic carbocycles. The number of aromatic nitrogens is 1. The first-order valence-electron chi connectivity index (χ1n) is 9.70. The van der Waals surface area contributed by atoms with Gasteiger partial charge in [-0.2, -0.15) is 0 Å². The Bertz CT molecular complexity index is 740. The van der Waals surface area contributed by atoms with E-state index in [0.29, 0.717) is 26.1 Å². The van der Waals surface area contributed by atoms with Crippen molar-refractivity contribution < 1.29 is 9.59 Å². The highest BCUT2D eigenvalue weighted by Gasteiger charge is 2.48. The molecular formula is C20H29N3O3. The molecule has 0 N–H and O–H groups in total. The van der Waals surface area contributed by atoms with E-state index in [2.05, 4.69) is 6.92 Å². The lowest BCUT2D eigenvalue weighted by Crippen LogP contribution is -2.50. The Labute approximate surface area is 154 Å². The highest BCUT2D eigenvalue weighted by molar-refractivity contribution is 5.86. The zero-order valence-electron chi connectivity index (χ0n) is 15.9. The number of likely N-dealkylation sites (tertiary alicyclic amines) is 2. The molecule has 0 aliphatic carbocycles. The van der Waals surface area contributed by atoms with Crippen LogP contribution < -0.4 is 5.56 Å². The van der Waals surface area contributed by atoms with Gasteiger partial charge in [0.05, 0.1) is 5.41 Å². The van der Waals surface area contributed by atoms with Gasteiger partial charge in [-0.15, -0.1) is 0 Å². The van der Waals surface area contributed by atoms with Crippen LogP contribution in [0.3, 0.4) is 0 Å². The van der Waals surface area contributed by atoms with Gasteiger partial charge in [0, 0.05) is 50.9 Å². The van der Waals surface area contributed by atoms with Gasteiger partial charge in [0.2, 0.25) is 11.8 Å². The molecular weight excluding hydrogens is 330 g/mol. The fraction of sp³-hybridized carbons (Fsp3) is 0.650. The number of rotatable bonds is 5. The van der Waals surface area contributed by atoms with Crippen molar-refractivity contribution >= 4 is 11.8 Å². The monoisotopic (exact) mass is 359 g/mol. The van der Waals surface area contributed by atoms with Gasteiger partial charge in [-0.05, 0) is 38.7 Å². The van der Waals surface area contributed by atoms with Crippen molar-refractivity contribution in [3.63, 3.8) is 0 Å². The summed E-state index contributed by atoms with van der Waals surface area (Å²) in [7, 11) is 0. The Balaban J connectivity index is 1.62. The van der Waals surface area contributed by atoms with Crippen molar-refractivity contribution in [1.82, 2.24) is 14.4 Å². The fourth-order valence-electron chi connectivity index (χ4n) is 4.37. The van der Waals surface area contributed by atoms with Crippen LogP contribution >= 0.6 is 0 Å². The number of piperidine rings is 1. The third-order valence-electron chi connectivity index (χ3n) is 5.84. The fourth-order valence-corrected chi connectivity index (χ4v) is 4.37. The number of carbonyl (C=O) groups is 2. The summed E-state index contributed by atoms with van der Waals surface area (Å²) >= 11 is 0. The molecule has 142 valence electrons. The molecule has 3 rings (SSSR count). The SMILES string of the molecule is CCCN1CCC[C@]2(CCN(C(=O)CCn3c(C)cccc3=O)C2)C1=O. The largest absolute Gasteiger partial charge is 0.342 e. The van der Waals surface area contributed by atoms with E-state index in [1.54, 1.807) is 10.6 Å². The zero-order chi connectivity index (χ0) is 18.7. The summed E-state index contributed by atoms with van der Waals surface area (Å²) in [6.45, 7) is 7.19. The minimum atomic E-state index is -0.372. The van der Waals surface area contributed by atoms with Crippen molar-refractivity contribution in [2.24, 2.45) is 5.41 Å². The third kappa shape index (κ3) is 3.55. The van der Waals surface area contributed by atoms with Crippen LogP contribution in [0.1, 0.15) is 44.7 Å². The number of aryl methyl sites for hydroxylation is 1. The molecule has 6 nitrogen and oxygen atoms in total. The highest BCUT2D eigenvalue weighted by Crippen LogP contribution is 2.40.